The predicted molar refractivity (Wildman–Crippen MR) is 80.9 cm³/mol. The highest BCUT2D eigenvalue weighted by Gasteiger charge is 2.42. The molecule has 0 radical (unpaired) electrons. The summed E-state index contributed by atoms with van der Waals surface area (Å²) in [4.78, 5) is 6.82. The van der Waals surface area contributed by atoms with Gasteiger partial charge < -0.3 is 0 Å². The van der Waals surface area contributed by atoms with Crippen molar-refractivity contribution >= 4 is 0 Å². The van der Waals surface area contributed by atoms with Crippen LogP contribution < -0.4 is 10.9 Å². The summed E-state index contributed by atoms with van der Waals surface area (Å²) >= 11 is 0. The number of hydrogen-bond donors (Lipinski definition) is 2. The Bertz CT molecular complexity index is 435. The first kappa shape index (κ1) is 14.0. The molecule has 0 spiro atoms. The molecule has 0 saturated carbocycles. The van der Waals surface area contributed by atoms with Crippen LogP contribution in [0.15, 0.2) is 24.5 Å². The molecule has 2 aliphatic heterocycles. The second-order valence-electron chi connectivity index (χ2n) is 6.81. The van der Waals surface area contributed by atoms with Crippen molar-refractivity contribution in [2.75, 3.05) is 19.6 Å². The third-order valence-corrected chi connectivity index (χ3v) is 4.94. The first-order valence-electron chi connectivity index (χ1n) is 7.77. The van der Waals surface area contributed by atoms with E-state index < -0.39 is 0 Å². The Morgan fingerprint density at radius 3 is 3.10 bits per heavy atom. The van der Waals surface area contributed by atoms with Gasteiger partial charge in [0.1, 0.15) is 0 Å². The highest BCUT2D eigenvalue weighted by Crippen LogP contribution is 2.37. The number of piperidine rings is 1. The molecule has 4 nitrogen and oxygen atoms in total. The van der Waals surface area contributed by atoms with E-state index in [9.17, 15) is 0 Å². The van der Waals surface area contributed by atoms with E-state index in [2.05, 4.69) is 40.6 Å². The van der Waals surface area contributed by atoms with Gasteiger partial charge in [-0.3, -0.25) is 20.7 Å². The van der Waals surface area contributed by atoms with Crippen LogP contribution in [0, 0.1) is 11.3 Å². The molecule has 0 amide bonds. The van der Waals surface area contributed by atoms with Crippen molar-refractivity contribution in [3.8, 4) is 0 Å². The number of nitrogens with zero attached hydrogens (tertiary/aromatic N) is 2. The summed E-state index contributed by atoms with van der Waals surface area (Å²) < 4.78 is 0. The van der Waals surface area contributed by atoms with E-state index in [1.807, 2.05) is 18.5 Å². The third-order valence-electron chi connectivity index (χ3n) is 4.94. The molecule has 3 rings (SSSR count). The molecule has 20 heavy (non-hydrogen) atoms. The number of likely N-dealkylation sites (tertiary alicyclic amines) is 1. The zero-order valence-corrected chi connectivity index (χ0v) is 12.6. The Morgan fingerprint density at radius 1 is 1.50 bits per heavy atom. The fraction of sp³-hybridized carbons (Fsp3) is 0.688. The van der Waals surface area contributed by atoms with E-state index in [0.717, 1.165) is 13.1 Å². The van der Waals surface area contributed by atoms with Crippen molar-refractivity contribution < 1.29 is 0 Å². The van der Waals surface area contributed by atoms with Gasteiger partial charge in [-0.1, -0.05) is 19.9 Å². The first-order valence-corrected chi connectivity index (χ1v) is 7.77. The largest absolute Gasteiger partial charge is 0.298 e. The molecule has 3 atom stereocenters. The summed E-state index contributed by atoms with van der Waals surface area (Å²) in [5.41, 5.74) is 8.53. The maximum atomic E-state index is 4.23. The number of nitrogens with one attached hydrogen (secondary N) is 2. The van der Waals surface area contributed by atoms with Gasteiger partial charge >= 0.3 is 0 Å². The lowest BCUT2D eigenvalue weighted by molar-refractivity contribution is 0.0558. The van der Waals surface area contributed by atoms with Gasteiger partial charge in [-0.15, -0.1) is 0 Å². The van der Waals surface area contributed by atoms with E-state index in [4.69, 9.17) is 0 Å². The van der Waals surface area contributed by atoms with Crippen molar-refractivity contribution in [2.24, 2.45) is 11.3 Å². The minimum Gasteiger partial charge on any atom is -0.298 e. The van der Waals surface area contributed by atoms with Crippen LogP contribution in [0.5, 0.6) is 0 Å². The van der Waals surface area contributed by atoms with Crippen LogP contribution in [0.1, 0.15) is 32.3 Å². The molecule has 0 bridgehead atoms. The van der Waals surface area contributed by atoms with E-state index in [0.29, 0.717) is 17.4 Å². The van der Waals surface area contributed by atoms with Crippen molar-refractivity contribution in [3.63, 3.8) is 0 Å². The highest BCUT2D eigenvalue weighted by atomic mass is 15.4. The summed E-state index contributed by atoms with van der Waals surface area (Å²) in [6.07, 6.45) is 6.45. The summed E-state index contributed by atoms with van der Waals surface area (Å²) in [5.74, 6) is 0.707. The fourth-order valence-corrected chi connectivity index (χ4v) is 3.97. The molecule has 3 unspecified atom stereocenters. The lowest BCUT2D eigenvalue weighted by atomic mass is 9.72. The Kier molecular flexibility index (Phi) is 4.06. The predicted octanol–water partition coefficient (Wildman–Crippen LogP) is 1.80. The van der Waals surface area contributed by atoms with Crippen molar-refractivity contribution in [2.45, 2.75) is 39.3 Å². The molecular formula is C16H26N4. The molecule has 0 aromatic carbocycles. The standard InChI is InChI=1S/C16H26N4/c1-13-9-18-19-15(13)16(2)6-4-8-20(12-16)11-14-5-3-7-17-10-14/h3,5,7,10,13,15,18-19H,4,6,8-9,11-12H2,1-2H3. The van der Waals surface area contributed by atoms with E-state index in [1.165, 1.54) is 31.5 Å². The summed E-state index contributed by atoms with van der Waals surface area (Å²) in [6, 6.07) is 4.79. The van der Waals surface area contributed by atoms with Gasteiger partial charge in [0.25, 0.3) is 0 Å². The van der Waals surface area contributed by atoms with E-state index >= 15 is 0 Å². The van der Waals surface area contributed by atoms with Crippen molar-refractivity contribution in [1.82, 2.24) is 20.7 Å². The molecule has 2 saturated heterocycles. The van der Waals surface area contributed by atoms with Gasteiger partial charge in [-0.05, 0) is 42.3 Å². The normalized spacial score (nSPS) is 35.3. The fourth-order valence-electron chi connectivity index (χ4n) is 3.97. The summed E-state index contributed by atoms with van der Waals surface area (Å²) in [7, 11) is 0. The minimum atomic E-state index is 0.364. The number of pyridine rings is 1. The summed E-state index contributed by atoms with van der Waals surface area (Å²) in [6.45, 7) is 9.29. The second-order valence-corrected chi connectivity index (χ2v) is 6.81. The molecule has 3 heterocycles. The van der Waals surface area contributed by atoms with Crippen LogP contribution in [-0.4, -0.2) is 35.6 Å². The lowest BCUT2D eigenvalue weighted by Crippen LogP contribution is -2.53. The molecule has 1 aromatic heterocycles. The van der Waals surface area contributed by atoms with E-state index in [-0.39, 0.29) is 0 Å². The number of hydrogen-bond acceptors (Lipinski definition) is 4. The molecule has 2 aliphatic rings. The SMILES string of the molecule is CC1CNNC1C1(C)CCCN(Cc2cccnc2)C1. The van der Waals surface area contributed by atoms with Crippen LogP contribution in [0.25, 0.3) is 0 Å². The first-order chi connectivity index (χ1) is 9.67. The molecule has 4 heteroatoms. The Balaban J connectivity index is 1.67. The smallest absolute Gasteiger partial charge is 0.0317 e. The van der Waals surface area contributed by atoms with Crippen LogP contribution in [0.4, 0.5) is 0 Å². The third kappa shape index (κ3) is 2.87. The molecule has 110 valence electrons. The van der Waals surface area contributed by atoms with Crippen LogP contribution in [0.2, 0.25) is 0 Å². The minimum absolute atomic E-state index is 0.364. The van der Waals surface area contributed by atoms with Gasteiger partial charge in [0.15, 0.2) is 0 Å². The topological polar surface area (TPSA) is 40.2 Å². The number of rotatable bonds is 3. The zero-order chi connectivity index (χ0) is 14.0. The average Bonchev–Trinajstić information content (AvgIpc) is 2.87. The van der Waals surface area contributed by atoms with Crippen LogP contribution in [0.3, 0.4) is 0 Å². The average molecular weight is 274 g/mol. The van der Waals surface area contributed by atoms with Gasteiger partial charge in [0, 0.05) is 38.1 Å². The molecule has 2 N–H and O–H groups in total. The zero-order valence-electron chi connectivity index (χ0n) is 12.6. The Morgan fingerprint density at radius 2 is 2.40 bits per heavy atom. The highest BCUT2D eigenvalue weighted by molar-refractivity contribution is 5.09. The molecule has 0 aliphatic carbocycles. The lowest BCUT2D eigenvalue weighted by Gasteiger charge is -2.45. The van der Waals surface area contributed by atoms with Gasteiger partial charge in [0.05, 0.1) is 0 Å². The van der Waals surface area contributed by atoms with Gasteiger partial charge in [0.2, 0.25) is 0 Å². The molecule has 2 fully saturated rings. The van der Waals surface area contributed by atoms with Crippen molar-refractivity contribution in [3.05, 3.63) is 30.1 Å². The van der Waals surface area contributed by atoms with Crippen LogP contribution >= 0.6 is 0 Å². The monoisotopic (exact) mass is 274 g/mol. The van der Waals surface area contributed by atoms with Crippen molar-refractivity contribution in [1.29, 1.82) is 0 Å². The maximum Gasteiger partial charge on any atom is 0.0317 e. The Hall–Kier alpha value is -0.970. The maximum absolute atomic E-state index is 4.23. The number of aromatic nitrogens is 1. The molecular weight excluding hydrogens is 248 g/mol. The second kappa shape index (κ2) is 5.80. The van der Waals surface area contributed by atoms with Gasteiger partial charge in [-0.25, -0.2) is 0 Å². The van der Waals surface area contributed by atoms with E-state index in [1.54, 1.807) is 0 Å². The number of hydrazine groups is 1. The van der Waals surface area contributed by atoms with Crippen LogP contribution in [-0.2, 0) is 6.54 Å². The quantitative estimate of drug-likeness (QED) is 0.882. The molecule has 1 aromatic rings. The van der Waals surface area contributed by atoms with Gasteiger partial charge in [-0.2, -0.15) is 0 Å². The summed E-state index contributed by atoms with van der Waals surface area (Å²) in [5, 5.41) is 0. The Labute approximate surface area is 121 Å².